The van der Waals surface area contributed by atoms with E-state index in [9.17, 15) is 0 Å². The maximum Gasteiger partial charge on any atom is 0.0139 e. The Morgan fingerprint density at radius 2 is 1.87 bits per heavy atom. The molecule has 1 rings (SSSR count). The maximum atomic E-state index is 3.78. The Bertz CT molecular complexity index is 287. The van der Waals surface area contributed by atoms with Gasteiger partial charge in [-0.25, -0.2) is 0 Å². The fourth-order valence-corrected chi connectivity index (χ4v) is 1.70. The van der Waals surface area contributed by atoms with Crippen molar-refractivity contribution in [1.82, 2.24) is 5.32 Å². The first kappa shape index (κ1) is 12.0. The van der Waals surface area contributed by atoms with Crippen molar-refractivity contribution in [2.75, 3.05) is 7.05 Å². The zero-order valence-electron chi connectivity index (χ0n) is 9.79. The monoisotopic (exact) mass is 203 g/mol. The standard InChI is InChI=1S/C14H21N/c1-4-6-14(15-3)11-13-9-7-12(5-2)8-10-13/h4,7-10,14-15H,1,5-6,11H2,2-3H3. The van der Waals surface area contributed by atoms with Gasteiger partial charge in [-0.3, -0.25) is 0 Å². The average Bonchev–Trinajstić information content (AvgIpc) is 2.29. The lowest BCUT2D eigenvalue weighted by Gasteiger charge is -2.14. The molecule has 0 bridgehead atoms. The molecule has 1 nitrogen and oxygen atoms in total. The van der Waals surface area contributed by atoms with Gasteiger partial charge < -0.3 is 5.32 Å². The van der Waals surface area contributed by atoms with E-state index in [4.69, 9.17) is 0 Å². The normalized spacial score (nSPS) is 12.4. The van der Waals surface area contributed by atoms with Crippen LogP contribution in [0.4, 0.5) is 0 Å². The fourth-order valence-electron chi connectivity index (χ4n) is 1.70. The number of nitrogens with one attached hydrogen (secondary N) is 1. The summed E-state index contributed by atoms with van der Waals surface area (Å²) in [5, 5.41) is 3.31. The molecule has 0 fully saturated rings. The molecule has 0 heterocycles. The molecule has 0 aliphatic rings. The molecule has 0 aliphatic heterocycles. The maximum absolute atomic E-state index is 3.78. The number of hydrogen-bond acceptors (Lipinski definition) is 1. The largest absolute Gasteiger partial charge is 0.316 e. The topological polar surface area (TPSA) is 12.0 Å². The zero-order chi connectivity index (χ0) is 11.1. The summed E-state index contributed by atoms with van der Waals surface area (Å²) in [7, 11) is 2.01. The Hall–Kier alpha value is -1.08. The molecule has 1 aromatic rings. The van der Waals surface area contributed by atoms with Crippen LogP contribution in [0.5, 0.6) is 0 Å². The van der Waals surface area contributed by atoms with Crippen molar-refractivity contribution >= 4 is 0 Å². The van der Waals surface area contributed by atoms with Gasteiger partial charge in [0.15, 0.2) is 0 Å². The SMILES string of the molecule is C=CCC(Cc1ccc(CC)cc1)NC. The summed E-state index contributed by atoms with van der Waals surface area (Å²) in [6, 6.07) is 9.40. The number of benzene rings is 1. The molecule has 1 heteroatoms. The Morgan fingerprint density at radius 1 is 1.27 bits per heavy atom. The third-order valence-electron chi connectivity index (χ3n) is 2.77. The minimum Gasteiger partial charge on any atom is -0.316 e. The van der Waals surface area contributed by atoms with Gasteiger partial charge in [0.2, 0.25) is 0 Å². The second-order valence-electron chi connectivity index (χ2n) is 3.88. The molecule has 0 aromatic heterocycles. The van der Waals surface area contributed by atoms with Gasteiger partial charge in [0.1, 0.15) is 0 Å². The van der Waals surface area contributed by atoms with Gasteiger partial charge in [-0.1, -0.05) is 37.3 Å². The molecule has 0 radical (unpaired) electrons. The van der Waals surface area contributed by atoms with E-state index >= 15 is 0 Å². The Balaban J connectivity index is 2.58. The number of aryl methyl sites for hydroxylation is 1. The lowest BCUT2D eigenvalue weighted by atomic mass is 10.0. The van der Waals surface area contributed by atoms with Crippen molar-refractivity contribution in [3.8, 4) is 0 Å². The second kappa shape index (κ2) is 6.41. The summed E-state index contributed by atoms with van der Waals surface area (Å²) in [6.07, 6.45) is 5.18. The number of likely N-dealkylation sites (N-methyl/N-ethyl adjacent to an activating group) is 1. The van der Waals surface area contributed by atoms with Crippen molar-refractivity contribution in [3.05, 3.63) is 48.0 Å². The van der Waals surface area contributed by atoms with Crippen LogP contribution in [0.2, 0.25) is 0 Å². The highest BCUT2D eigenvalue weighted by Crippen LogP contribution is 2.09. The van der Waals surface area contributed by atoms with Crippen LogP contribution in [0, 0.1) is 0 Å². The highest BCUT2D eigenvalue weighted by Gasteiger charge is 2.04. The molecule has 82 valence electrons. The van der Waals surface area contributed by atoms with E-state index in [0.717, 1.165) is 19.3 Å². The molecular formula is C14H21N. The van der Waals surface area contributed by atoms with Gasteiger partial charge in [0.05, 0.1) is 0 Å². The van der Waals surface area contributed by atoms with E-state index in [1.165, 1.54) is 11.1 Å². The summed E-state index contributed by atoms with van der Waals surface area (Å²) in [4.78, 5) is 0. The lowest BCUT2D eigenvalue weighted by molar-refractivity contribution is 0.566. The van der Waals surface area contributed by atoms with Crippen LogP contribution in [0.3, 0.4) is 0 Å². The summed E-state index contributed by atoms with van der Waals surface area (Å²) < 4.78 is 0. The average molecular weight is 203 g/mol. The third-order valence-corrected chi connectivity index (χ3v) is 2.77. The molecule has 0 saturated carbocycles. The zero-order valence-corrected chi connectivity index (χ0v) is 9.79. The third kappa shape index (κ3) is 3.88. The molecule has 15 heavy (non-hydrogen) atoms. The molecule has 0 aliphatic carbocycles. The van der Waals surface area contributed by atoms with Gasteiger partial charge in [0, 0.05) is 6.04 Å². The highest BCUT2D eigenvalue weighted by molar-refractivity contribution is 5.23. The lowest BCUT2D eigenvalue weighted by Crippen LogP contribution is -2.26. The smallest absolute Gasteiger partial charge is 0.0139 e. The van der Waals surface area contributed by atoms with Gasteiger partial charge in [-0.15, -0.1) is 6.58 Å². The second-order valence-corrected chi connectivity index (χ2v) is 3.88. The Morgan fingerprint density at radius 3 is 2.33 bits per heavy atom. The van der Waals surface area contributed by atoms with Crippen LogP contribution < -0.4 is 5.32 Å². The van der Waals surface area contributed by atoms with Gasteiger partial charge in [-0.2, -0.15) is 0 Å². The van der Waals surface area contributed by atoms with Crippen LogP contribution in [0.25, 0.3) is 0 Å². The van der Waals surface area contributed by atoms with E-state index in [1.807, 2.05) is 13.1 Å². The number of hydrogen-bond donors (Lipinski definition) is 1. The highest BCUT2D eigenvalue weighted by atomic mass is 14.9. The summed E-state index contributed by atoms with van der Waals surface area (Å²) in [5.41, 5.74) is 2.80. The summed E-state index contributed by atoms with van der Waals surface area (Å²) in [6.45, 7) is 5.96. The van der Waals surface area contributed by atoms with Crippen LogP contribution in [0.15, 0.2) is 36.9 Å². The quantitative estimate of drug-likeness (QED) is 0.701. The van der Waals surface area contributed by atoms with Crippen molar-refractivity contribution in [2.24, 2.45) is 0 Å². The van der Waals surface area contributed by atoms with Crippen molar-refractivity contribution in [2.45, 2.75) is 32.2 Å². The molecule has 1 N–H and O–H groups in total. The predicted molar refractivity (Wildman–Crippen MR) is 67.2 cm³/mol. The first-order valence-corrected chi connectivity index (χ1v) is 5.66. The first-order chi connectivity index (χ1) is 7.30. The fraction of sp³-hybridized carbons (Fsp3) is 0.429. The molecule has 0 saturated heterocycles. The molecule has 0 spiro atoms. The molecule has 1 atom stereocenters. The van der Waals surface area contributed by atoms with Crippen molar-refractivity contribution in [3.63, 3.8) is 0 Å². The van der Waals surface area contributed by atoms with E-state index in [0.29, 0.717) is 6.04 Å². The van der Waals surface area contributed by atoms with Crippen molar-refractivity contribution < 1.29 is 0 Å². The van der Waals surface area contributed by atoms with Gasteiger partial charge >= 0.3 is 0 Å². The van der Waals surface area contributed by atoms with E-state index < -0.39 is 0 Å². The van der Waals surface area contributed by atoms with E-state index in [-0.39, 0.29) is 0 Å². The number of rotatable bonds is 6. The molecule has 1 aromatic carbocycles. The van der Waals surface area contributed by atoms with Crippen LogP contribution in [-0.4, -0.2) is 13.1 Å². The minimum absolute atomic E-state index is 0.509. The molecule has 1 unspecified atom stereocenters. The van der Waals surface area contributed by atoms with E-state index in [2.05, 4.69) is 43.1 Å². The van der Waals surface area contributed by atoms with Crippen LogP contribution in [-0.2, 0) is 12.8 Å². The van der Waals surface area contributed by atoms with E-state index in [1.54, 1.807) is 0 Å². The molecular weight excluding hydrogens is 182 g/mol. The van der Waals surface area contributed by atoms with Crippen LogP contribution in [0.1, 0.15) is 24.5 Å². The Labute approximate surface area is 93.2 Å². The Kier molecular flexibility index (Phi) is 5.13. The van der Waals surface area contributed by atoms with Gasteiger partial charge in [-0.05, 0) is 37.4 Å². The molecule has 0 amide bonds. The summed E-state index contributed by atoms with van der Waals surface area (Å²) in [5.74, 6) is 0. The first-order valence-electron chi connectivity index (χ1n) is 5.66. The van der Waals surface area contributed by atoms with Gasteiger partial charge in [0.25, 0.3) is 0 Å². The predicted octanol–water partition coefficient (Wildman–Crippen LogP) is 2.96. The summed E-state index contributed by atoms with van der Waals surface area (Å²) >= 11 is 0. The minimum atomic E-state index is 0.509. The van der Waals surface area contributed by atoms with Crippen molar-refractivity contribution in [1.29, 1.82) is 0 Å². The van der Waals surface area contributed by atoms with Crippen LogP contribution >= 0.6 is 0 Å².